The number of halogens is 2. The minimum Gasteiger partial charge on any atom is -0.380 e. The number of nitrogens with zero attached hydrogens (tertiary/aromatic N) is 1. The number of rotatable bonds is 2. The van der Waals surface area contributed by atoms with E-state index in [1.165, 1.54) is 12.1 Å². The van der Waals surface area contributed by atoms with Crippen LogP contribution in [0.25, 0.3) is 22.5 Å². The lowest BCUT2D eigenvalue weighted by atomic mass is 9.98. The van der Waals surface area contributed by atoms with Crippen LogP contribution in [0.4, 0.5) is 10.2 Å². The highest BCUT2D eigenvalue weighted by atomic mass is 35.5. The van der Waals surface area contributed by atoms with Gasteiger partial charge in [-0.25, -0.2) is 4.39 Å². The summed E-state index contributed by atoms with van der Waals surface area (Å²) in [5.74, 6) is 0.433. The summed E-state index contributed by atoms with van der Waals surface area (Å²) in [4.78, 5) is 0. The van der Waals surface area contributed by atoms with E-state index in [4.69, 9.17) is 21.9 Å². The van der Waals surface area contributed by atoms with Crippen molar-refractivity contribution < 1.29 is 8.91 Å². The summed E-state index contributed by atoms with van der Waals surface area (Å²) in [5.41, 5.74) is 8.74. The number of aryl methyl sites for hydroxylation is 1. The maximum Gasteiger partial charge on any atom is 0.177 e. The van der Waals surface area contributed by atoms with Gasteiger partial charge in [0.05, 0.1) is 5.56 Å². The van der Waals surface area contributed by atoms with Gasteiger partial charge in [0.15, 0.2) is 11.6 Å². The monoisotopic (exact) mass is 302 g/mol. The third-order valence-corrected chi connectivity index (χ3v) is 3.62. The fourth-order valence-corrected chi connectivity index (χ4v) is 2.52. The molecule has 0 saturated carbocycles. The van der Waals surface area contributed by atoms with Crippen LogP contribution in [0.2, 0.25) is 5.02 Å². The molecular formula is C16H12ClFN2O. The Hall–Kier alpha value is -2.33. The molecule has 0 aliphatic carbocycles. The molecule has 2 aromatic carbocycles. The molecule has 0 atom stereocenters. The fourth-order valence-electron chi connectivity index (χ4n) is 2.29. The van der Waals surface area contributed by atoms with Crippen molar-refractivity contribution in [3.63, 3.8) is 0 Å². The number of aromatic nitrogens is 1. The molecule has 0 aliphatic heterocycles. The van der Waals surface area contributed by atoms with Gasteiger partial charge in [-0.15, -0.1) is 0 Å². The van der Waals surface area contributed by atoms with E-state index in [1.807, 2.05) is 18.2 Å². The van der Waals surface area contributed by atoms with E-state index in [9.17, 15) is 4.39 Å². The van der Waals surface area contributed by atoms with Crippen LogP contribution in [0.3, 0.4) is 0 Å². The highest BCUT2D eigenvalue weighted by molar-refractivity contribution is 6.33. The number of benzene rings is 2. The molecule has 21 heavy (non-hydrogen) atoms. The number of nitrogens with two attached hydrogens (primary N) is 1. The van der Waals surface area contributed by atoms with Crippen molar-refractivity contribution in [2.75, 3.05) is 5.73 Å². The SMILES string of the molecule is Cc1cc(F)ccc1-c1onc(N)c1-c1ccccc1Cl. The van der Waals surface area contributed by atoms with E-state index in [-0.39, 0.29) is 11.6 Å². The van der Waals surface area contributed by atoms with Crippen LogP contribution in [0.1, 0.15) is 5.56 Å². The lowest BCUT2D eigenvalue weighted by molar-refractivity contribution is 0.436. The predicted molar refractivity (Wildman–Crippen MR) is 81.5 cm³/mol. The third-order valence-electron chi connectivity index (χ3n) is 3.29. The lowest BCUT2D eigenvalue weighted by Gasteiger charge is -2.07. The van der Waals surface area contributed by atoms with Gasteiger partial charge in [-0.3, -0.25) is 0 Å². The van der Waals surface area contributed by atoms with E-state index in [0.29, 0.717) is 16.3 Å². The van der Waals surface area contributed by atoms with Gasteiger partial charge >= 0.3 is 0 Å². The normalized spacial score (nSPS) is 10.8. The largest absolute Gasteiger partial charge is 0.380 e. The molecule has 0 aliphatic rings. The first kappa shape index (κ1) is 13.6. The molecule has 3 aromatic rings. The van der Waals surface area contributed by atoms with Gasteiger partial charge < -0.3 is 10.3 Å². The minimum absolute atomic E-state index is 0.252. The van der Waals surface area contributed by atoms with Crippen LogP contribution in [-0.4, -0.2) is 5.16 Å². The molecule has 2 N–H and O–H groups in total. The van der Waals surface area contributed by atoms with Crippen LogP contribution >= 0.6 is 11.6 Å². The molecule has 3 nitrogen and oxygen atoms in total. The van der Waals surface area contributed by atoms with Crippen LogP contribution in [0.15, 0.2) is 47.0 Å². The molecule has 5 heteroatoms. The predicted octanol–water partition coefficient (Wildman–Crippen LogP) is 4.69. The number of anilines is 1. The second-order valence-corrected chi connectivity index (χ2v) is 5.12. The van der Waals surface area contributed by atoms with E-state index in [1.54, 1.807) is 19.1 Å². The average Bonchev–Trinajstić information content (AvgIpc) is 2.81. The van der Waals surface area contributed by atoms with Crippen LogP contribution in [0, 0.1) is 12.7 Å². The molecule has 0 amide bonds. The molecule has 106 valence electrons. The van der Waals surface area contributed by atoms with Gasteiger partial charge in [0.1, 0.15) is 5.82 Å². The molecule has 0 spiro atoms. The standard InChI is InChI=1S/C16H12ClFN2O/c1-9-8-10(18)6-7-11(9)15-14(16(19)20-21-15)12-4-2-3-5-13(12)17/h2-8H,1H3,(H2,19,20). The summed E-state index contributed by atoms with van der Waals surface area (Å²) in [6, 6.07) is 11.7. The van der Waals surface area contributed by atoms with Gasteiger partial charge in [0.25, 0.3) is 0 Å². The van der Waals surface area contributed by atoms with E-state index in [0.717, 1.165) is 16.7 Å². The quantitative estimate of drug-likeness (QED) is 0.747. The van der Waals surface area contributed by atoms with E-state index >= 15 is 0 Å². The molecule has 0 bridgehead atoms. The van der Waals surface area contributed by atoms with Crippen molar-refractivity contribution in [1.82, 2.24) is 5.16 Å². The van der Waals surface area contributed by atoms with Crippen molar-refractivity contribution in [3.05, 3.63) is 58.9 Å². The Bertz CT molecular complexity index is 814. The van der Waals surface area contributed by atoms with Gasteiger partial charge in [0, 0.05) is 16.1 Å². The lowest BCUT2D eigenvalue weighted by Crippen LogP contribution is -1.91. The Labute approximate surface area is 126 Å². The van der Waals surface area contributed by atoms with Gasteiger partial charge in [-0.1, -0.05) is 35.0 Å². The second kappa shape index (κ2) is 5.22. The Morgan fingerprint density at radius 3 is 2.62 bits per heavy atom. The molecule has 3 rings (SSSR count). The van der Waals surface area contributed by atoms with Gasteiger partial charge in [-0.2, -0.15) is 0 Å². The van der Waals surface area contributed by atoms with Crippen LogP contribution < -0.4 is 5.73 Å². The minimum atomic E-state index is -0.303. The van der Waals surface area contributed by atoms with Crippen LogP contribution in [0.5, 0.6) is 0 Å². The summed E-state index contributed by atoms with van der Waals surface area (Å²) in [5, 5.41) is 4.37. The van der Waals surface area contributed by atoms with Gasteiger partial charge in [0.2, 0.25) is 0 Å². The van der Waals surface area contributed by atoms with Crippen molar-refractivity contribution in [2.24, 2.45) is 0 Å². The van der Waals surface area contributed by atoms with Crippen LogP contribution in [-0.2, 0) is 0 Å². The maximum absolute atomic E-state index is 13.3. The molecule has 0 radical (unpaired) electrons. The number of hydrogen-bond acceptors (Lipinski definition) is 3. The zero-order valence-corrected chi connectivity index (χ0v) is 12.0. The molecule has 1 heterocycles. The van der Waals surface area contributed by atoms with Crippen molar-refractivity contribution in [2.45, 2.75) is 6.92 Å². The zero-order chi connectivity index (χ0) is 15.0. The molecular weight excluding hydrogens is 291 g/mol. The topological polar surface area (TPSA) is 52.0 Å². The summed E-state index contributed by atoms with van der Waals surface area (Å²) >= 11 is 6.23. The highest BCUT2D eigenvalue weighted by Crippen LogP contribution is 2.40. The Kier molecular flexibility index (Phi) is 3.39. The number of hydrogen-bond donors (Lipinski definition) is 1. The highest BCUT2D eigenvalue weighted by Gasteiger charge is 2.20. The summed E-state index contributed by atoms with van der Waals surface area (Å²) in [6.07, 6.45) is 0. The van der Waals surface area contributed by atoms with E-state index < -0.39 is 0 Å². The Morgan fingerprint density at radius 2 is 1.90 bits per heavy atom. The number of nitrogen functional groups attached to an aromatic ring is 1. The molecule has 1 aromatic heterocycles. The summed E-state index contributed by atoms with van der Waals surface area (Å²) in [6.45, 7) is 1.80. The Morgan fingerprint density at radius 1 is 1.14 bits per heavy atom. The molecule has 0 unspecified atom stereocenters. The zero-order valence-electron chi connectivity index (χ0n) is 11.2. The van der Waals surface area contributed by atoms with E-state index in [2.05, 4.69) is 5.16 Å². The second-order valence-electron chi connectivity index (χ2n) is 4.71. The maximum atomic E-state index is 13.3. The third kappa shape index (κ3) is 2.38. The van der Waals surface area contributed by atoms with Crippen molar-refractivity contribution >= 4 is 17.4 Å². The summed E-state index contributed by atoms with van der Waals surface area (Å²) < 4.78 is 18.6. The first-order valence-electron chi connectivity index (χ1n) is 6.34. The summed E-state index contributed by atoms with van der Waals surface area (Å²) in [7, 11) is 0. The fraction of sp³-hybridized carbons (Fsp3) is 0.0625. The molecule has 0 fully saturated rings. The molecule has 0 saturated heterocycles. The first-order chi connectivity index (χ1) is 10.1. The smallest absolute Gasteiger partial charge is 0.177 e. The van der Waals surface area contributed by atoms with Crippen molar-refractivity contribution in [1.29, 1.82) is 0 Å². The van der Waals surface area contributed by atoms with Gasteiger partial charge in [-0.05, 0) is 36.8 Å². The average molecular weight is 303 g/mol. The van der Waals surface area contributed by atoms with Crippen molar-refractivity contribution in [3.8, 4) is 22.5 Å². The Balaban J connectivity index is 2.25. The first-order valence-corrected chi connectivity index (χ1v) is 6.72.